The summed E-state index contributed by atoms with van der Waals surface area (Å²) in [7, 11) is 0. The zero-order chi connectivity index (χ0) is 24.9. The van der Waals surface area contributed by atoms with Crippen LogP contribution < -0.4 is 5.32 Å². The Hall–Kier alpha value is -4.84. The minimum absolute atomic E-state index is 0.298. The number of rotatable bonds is 6. The fourth-order valence-corrected chi connectivity index (χ4v) is 3.82. The predicted octanol–water partition coefficient (Wildman–Crippen LogP) is 6.07. The Labute approximate surface area is 208 Å². The van der Waals surface area contributed by atoms with Crippen LogP contribution in [0.4, 0.5) is 5.69 Å². The Kier molecular flexibility index (Phi) is 6.49. The van der Waals surface area contributed by atoms with Gasteiger partial charge in [0.05, 0.1) is 28.0 Å². The van der Waals surface area contributed by atoms with Crippen molar-refractivity contribution in [1.29, 1.82) is 0 Å². The summed E-state index contributed by atoms with van der Waals surface area (Å²) < 4.78 is 5.24. The van der Waals surface area contributed by atoms with Gasteiger partial charge in [0.25, 0.3) is 5.91 Å². The maximum atomic E-state index is 12.7. The van der Waals surface area contributed by atoms with Crippen LogP contribution in [0.25, 0.3) is 33.5 Å². The first-order chi connectivity index (χ1) is 17.6. The van der Waals surface area contributed by atoms with Gasteiger partial charge in [0.15, 0.2) is 6.61 Å². The minimum Gasteiger partial charge on any atom is -0.452 e. The van der Waals surface area contributed by atoms with Gasteiger partial charge in [0.1, 0.15) is 0 Å². The number of hydrogen-bond acceptors (Lipinski definition) is 5. The summed E-state index contributed by atoms with van der Waals surface area (Å²) in [4.78, 5) is 34.6. The molecule has 0 radical (unpaired) electrons. The van der Waals surface area contributed by atoms with Crippen molar-refractivity contribution in [3.8, 4) is 22.5 Å². The van der Waals surface area contributed by atoms with Gasteiger partial charge in [-0.05, 0) is 37.3 Å². The molecule has 0 aliphatic heterocycles. The van der Waals surface area contributed by atoms with Gasteiger partial charge in [0, 0.05) is 16.8 Å². The standard InChI is InChI=1S/C30H23N3O3/c1-20-12-15-24(16-13-20)31-27(34)19-36-30(35)23-14-17-25-26(18-23)33-29(22-10-6-3-7-11-22)28(32-25)21-8-4-2-5-9-21/h2-18H,19H2,1H3,(H,31,34). The molecule has 6 heteroatoms. The summed E-state index contributed by atoms with van der Waals surface area (Å²) in [5.41, 5.74) is 6.60. The molecule has 0 spiro atoms. The second kappa shape index (κ2) is 10.2. The highest BCUT2D eigenvalue weighted by Gasteiger charge is 2.16. The number of nitrogens with zero attached hydrogens (tertiary/aromatic N) is 2. The summed E-state index contributed by atoms with van der Waals surface area (Å²) in [6.45, 7) is 1.57. The number of anilines is 1. The molecule has 0 unspecified atom stereocenters. The lowest BCUT2D eigenvalue weighted by atomic mass is 10.0. The molecule has 0 fully saturated rings. The molecule has 0 saturated carbocycles. The molecular weight excluding hydrogens is 450 g/mol. The Morgan fingerprint density at radius 3 is 1.92 bits per heavy atom. The van der Waals surface area contributed by atoms with Crippen LogP contribution in [0.3, 0.4) is 0 Å². The third-order valence-electron chi connectivity index (χ3n) is 5.66. The highest BCUT2D eigenvalue weighted by Crippen LogP contribution is 2.31. The molecule has 1 aromatic heterocycles. The fourth-order valence-electron chi connectivity index (χ4n) is 3.82. The molecule has 4 aromatic carbocycles. The highest BCUT2D eigenvalue weighted by atomic mass is 16.5. The Morgan fingerprint density at radius 1 is 0.722 bits per heavy atom. The lowest BCUT2D eigenvalue weighted by molar-refractivity contribution is -0.119. The van der Waals surface area contributed by atoms with Gasteiger partial charge in [-0.25, -0.2) is 14.8 Å². The quantitative estimate of drug-likeness (QED) is 0.303. The van der Waals surface area contributed by atoms with Crippen LogP contribution in [0.15, 0.2) is 103 Å². The van der Waals surface area contributed by atoms with E-state index < -0.39 is 18.5 Å². The molecular formula is C30H23N3O3. The van der Waals surface area contributed by atoms with Crippen molar-refractivity contribution < 1.29 is 14.3 Å². The number of aryl methyl sites for hydroxylation is 1. The number of carbonyl (C=O) groups excluding carboxylic acids is 2. The van der Waals surface area contributed by atoms with Gasteiger partial charge in [-0.3, -0.25) is 4.79 Å². The number of carbonyl (C=O) groups is 2. The van der Waals surface area contributed by atoms with Crippen molar-refractivity contribution in [3.63, 3.8) is 0 Å². The fraction of sp³-hybridized carbons (Fsp3) is 0.0667. The second-order valence-electron chi connectivity index (χ2n) is 8.35. The molecule has 5 aromatic rings. The first-order valence-electron chi connectivity index (χ1n) is 11.5. The van der Waals surface area contributed by atoms with Crippen molar-refractivity contribution >= 4 is 28.6 Å². The number of amides is 1. The number of fused-ring (bicyclic) bond motifs is 1. The normalized spacial score (nSPS) is 10.7. The average molecular weight is 474 g/mol. The zero-order valence-corrected chi connectivity index (χ0v) is 19.6. The monoisotopic (exact) mass is 473 g/mol. The molecule has 36 heavy (non-hydrogen) atoms. The van der Waals surface area contributed by atoms with E-state index in [9.17, 15) is 9.59 Å². The van der Waals surface area contributed by atoms with Gasteiger partial charge < -0.3 is 10.1 Å². The first-order valence-corrected chi connectivity index (χ1v) is 11.5. The summed E-state index contributed by atoms with van der Waals surface area (Å²) >= 11 is 0. The van der Waals surface area contributed by atoms with Crippen molar-refractivity contribution in [2.75, 3.05) is 11.9 Å². The van der Waals surface area contributed by atoms with Crippen LogP contribution in [-0.4, -0.2) is 28.5 Å². The van der Waals surface area contributed by atoms with E-state index in [1.54, 1.807) is 30.3 Å². The second-order valence-corrected chi connectivity index (χ2v) is 8.35. The maximum absolute atomic E-state index is 12.7. The lowest BCUT2D eigenvalue weighted by Gasteiger charge is -2.11. The largest absolute Gasteiger partial charge is 0.452 e. The molecule has 0 saturated heterocycles. The minimum atomic E-state index is -0.605. The predicted molar refractivity (Wildman–Crippen MR) is 141 cm³/mol. The summed E-state index contributed by atoms with van der Waals surface area (Å²) in [6.07, 6.45) is 0. The molecule has 6 nitrogen and oxygen atoms in total. The number of benzene rings is 4. The molecule has 1 N–H and O–H groups in total. The van der Waals surface area contributed by atoms with Crippen LogP contribution in [0.2, 0.25) is 0 Å². The van der Waals surface area contributed by atoms with Crippen molar-refractivity contribution in [2.45, 2.75) is 6.92 Å². The van der Waals surface area contributed by atoms with Gasteiger partial charge >= 0.3 is 5.97 Å². The van der Waals surface area contributed by atoms with Crippen molar-refractivity contribution in [3.05, 3.63) is 114 Å². The SMILES string of the molecule is Cc1ccc(NC(=O)COC(=O)c2ccc3nc(-c4ccccc4)c(-c4ccccc4)nc3c2)cc1. The highest BCUT2D eigenvalue weighted by molar-refractivity contribution is 5.97. The van der Waals surface area contributed by atoms with Crippen molar-refractivity contribution in [1.82, 2.24) is 9.97 Å². The number of aromatic nitrogens is 2. The Morgan fingerprint density at radius 2 is 1.31 bits per heavy atom. The number of hydrogen-bond donors (Lipinski definition) is 1. The molecule has 5 rings (SSSR count). The van der Waals surface area contributed by atoms with E-state index in [0.29, 0.717) is 22.3 Å². The third kappa shape index (κ3) is 5.13. The lowest BCUT2D eigenvalue weighted by Crippen LogP contribution is -2.20. The van der Waals surface area contributed by atoms with Crippen LogP contribution in [0.5, 0.6) is 0 Å². The molecule has 0 aliphatic carbocycles. The average Bonchev–Trinajstić information content (AvgIpc) is 2.93. The van der Waals surface area contributed by atoms with E-state index >= 15 is 0 Å². The van der Waals surface area contributed by atoms with E-state index in [1.165, 1.54) is 0 Å². The van der Waals surface area contributed by atoms with Crippen LogP contribution in [-0.2, 0) is 9.53 Å². The molecule has 1 amide bonds. The number of nitrogens with one attached hydrogen (secondary N) is 1. The van der Waals surface area contributed by atoms with E-state index in [1.807, 2.05) is 79.7 Å². The van der Waals surface area contributed by atoms with Crippen molar-refractivity contribution in [2.24, 2.45) is 0 Å². The van der Waals surface area contributed by atoms with Gasteiger partial charge in [-0.1, -0.05) is 78.4 Å². The van der Waals surface area contributed by atoms with E-state index in [0.717, 1.165) is 28.1 Å². The van der Waals surface area contributed by atoms with Gasteiger partial charge in [0.2, 0.25) is 0 Å². The van der Waals surface area contributed by atoms with Crippen LogP contribution in [0.1, 0.15) is 15.9 Å². The van der Waals surface area contributed by atoms with Crippen LogP contribution >= 0.6 is 0 Å². The first kappa shape index (κ1) is 22.9. The topological polar surface area (TPSA) is 81.2 Å². The summed E-state index contributed by atoms with van der Waals surface area (Å²) in [5, 5.41) is 2.71. The molecule has 0 bridgehead atoms. The van der Waals surface area contributed by atoms with E-state index in [2.05, 4.69) is 5.32 Å². The maximum Gasteiger partial charge on any atom is 0.338 e. The molecule has 0 atom stereocenters. The zero-order valence-electron chi connectivity index (χ0n) is 19.6. The smallest absolute Gasteiger partial charge is 0.338 e. The Balaban J connectivity index is 1.40. The third-order valence-corrected chi connectivity index (χ3v) is 5.66. The van der Waals surface area contributed by atoms with Crippen LogP contribution in [0, 0.1) is 6.92 Å². The van der Waals surface area contributed by atoms with Gasteiger partial charge in [-0.2, -0.15) is 0 Å². The Bertz CT molecular complexity index is 1530. The molecule has 1 heterocycles. The number of ether oxygens (including phenoxy) is 1. The van der Waals surface area contributed by atoms with E-state index in [-0.39, 0.29) is 0 Å². The summed E-state index contributed by atoms with van der Waals surface area (Å²) in [5.74, 6) is -1.02. The van der Waals surface area contributed by atoms with E-state index in [4.69, 9.17) is 14.7 Å². The number of esters is 1. The molecule has 176 valence electrons. The summed E-state index contributed by atoms with van der Waals surface area (Å²) in [6, 6.07) is 32.1. The van der Waals surface area contributed by atoms with Gasteiger partial charge in [-0.15, -0.1) is 0 Å². The molecule has 0 aliphatic rings.